The van der Waals surface area contributed by atoms with Gasteiger partial charge in [-0.25, -0.2) is 0 Å². The minimum Gasteiger partial charge on any atom is -0.346 e. The first kappa shape index (κ1) is 14.6. The predicted octanol–water partition coefficient (Wildman–Crippen LogP) is 2.95. The van der Waals surface area contributed by atoms with Crippen molar-refractivity contribution in [2.45, 2.75) is 13.0 Å². The molecule has 1 aromatic carbocycles. The van der Waals surface area contributed by atoms with Crippen molar-refractivity contribution in [2.75, 3.05) is 33.7 Å². The Kier molecular flexibility index (Phi) is 5.43. The molecule has 0 aliphatic carbocycles. The van der Waals surface area contributed by atoms with Gasteiger partial charge in [0.1, 0.15) is 0 Å². The zero-order valence-corrected chi connectivity index (χ0v) is 13.3. The maximum Gasteiger partial charge on any atom is 0.0492 e. The summed E-state index contributed by atoms with van der Waals surface area (Å²) in [5.41, 5.74) is 1.30. The Balaban J connectivity index is 1.80. The maximum atomic E-state index is 3.53. The molecular weight excluding hydrogens is 302 g/mol. The molecular formula is C15H22BrN3. The van der Waals surface area contributed by atoms with E-state index in [9.17, 15) is 0 Å². The zero-order valence-electron chi connectivity index (χ0n) is 11.7. The van der Waals surface area contributed by atoms with Gasteiger partial charge in [0, 0.05) is 29.3 Å². The number of halogens is 1. The van der Waals surface area contributed by atoms with Crippen LogP contribution in [0.4, 0.5) is 0 Å². The fourth-order valence-corrected chi connectivity index (χ4v) is 2.55. The summed E-state index contributed by atoms with van der Waals surface area (Å²) in [7, 11) is 4.23. The minimum atomic E-state index is 1.02. The van der Waals surface area contributed by atoms with Crippen molar-refractivity contribution < 1.29 is 0 Å². The number of rotatable bonds is 7. The van der Waals surface area contributed by atoms with E-state index >= 15 is 0 Å². The first-order valence-corrected chi connectivity index (χ1v) is 7.56. The smallest absolute Gasteiger partial charge is 0.0492 e. The van der Waals surface area contributed by atoms with Crippen LogP contribution in [0, 0.1) is 0 Å². The first-order valence-electron chi connectivity index (χ1n) is 6.76. The van der Waals surface area contributed by atoms with Gasteiger partial charge in [-0.15, -0.1) is 0 Å². The maximum absolute atomic E-state index is 3.53. The molecule has 0 saturated heterocycles. The molecule has 1 N–H and O–H groups in total. The number of hydrogen-bond acceptors (Lipinski definition) is 2. The third-order valence-corrected chi connectivity index (χ3v) is 3.72. The molecule has 3 nitrogen and oxygen atoms in total. The first-order chi connectivity index (χ1) is 9.16. The molecule has 4 heteroatoms. The molecule has 1 aromatic heterocycles. The Morgan fingerprint density at radius 1 is 1.21 bits per heavy atom. The fourth-order valence-electron chi connectivity index (χ4n) is 2.20. The van der Waals surface area contributed by atoms with Crippen molar-refractivity contribution in [2.24, 2.45) is 0 Å². The number of fused-ring (bicyclic) bond motifs is 1. The number of nitrogens with one attached hydrogen (secondary N) is 1. The lowest BCUT2D eigenvalue weighted by Crippen LogP contribution is -2.24. The number of nitrogens with zero attached hydrogens (tertiary/aromatic N) is 2. The third kappa shape index (κ3) is 4.34. The van der Waals surface area contributed by atoms with Gasteiger partial charge >= 0.3 is 0 Å². The Bertz CT molecular complexity index is 519. The van der Waals surface area contributed by atoms with Crippen LogP contribution in [-0.2, 0) is 6.54 Å². The van der Waals surface area contributed by atoms with Crippen molar-refractivity contribution >= 4 is 26.8 Å². The summed E-state index contributed by atoms with van der Waals surface area (Å²) in [4.78, 5) is 2.22. The van der Waals surface area contributed by atoms with Crippen LogP contribution in [0.5, 0.6) is 0 Å². The number of aromatic nitrogens is 1. The molecule has 104 valence electrons. The van der Waals surface area contributed by atoms with E-state index in [4.69, 9.17) is 0 Å². The predicted molar refractivity (Wildman–Crippen MR) is 85.7 cm³/mol. The van der Waals surface area contributed by atoms with Gasteiger partial charge < -0.3 is 14.8 Å². The van der Waals surface area contributed by atoms with Gasteiger partial charge in [-0.2, -0.15) is 0 Å². The number of benzene rings is 1. The summed E-state index contributed by atoms with van der Waals surface area (Å²) in [6, 6.07) is 8.60. The van der Waals surface area contributed by atoms with Crippen molar-refractivity contribution in [3.8, 4) is 0 Å². The van der Waals surface area contributed by atoms with Crippen molar-refractivity contribution in [1.29, 1.82) is 0 Å². The Labute approximate surface area is 123 Å². The van der Waals surface area contributed by atoms with E-state index < -0.39 is 0 Å². The van der Waals surface area contributed by atoms with E-state index in [2.05, 4.69) is 75.3 Å². The second-order valence-electron chi connectivity index (χ2n) is 5.12. The van der Waals surface area contributed by atoms with Gasteiger partial charge in [0.25, 0.3) is 0 Å². The molecule has 0 bridgehead atoms. The molecule has 1 heterocycles. The van der Waals surface area contributed by atoms with Crippen LogP contribution in [0.25, 0.3) is 10.9 Å². The lowest BCUT2D eigenvalue weighted by atomic mass is 10.2. The molecule has 0 saturated carbocycles. The van der Waals surface area contributed by atoms with Gasteiger partial charge in [0.2, 0.25) is 0 Å². The lowest BCUT2D eigenvalue weighted by molar-refractivity contribution is 0.393. The van der Waals surface area contributed by atoms with Crippen LogP contribution >= 0.6 is 15.9 Å². The van der Waals surface area contributed by atoms with E-state index in [0.717, 1.165) is 30.7 Å². The van der Waals surface area contributed by atoms with Gasteiger partial charge in [-0.05, 0) is 57.2 Å². The highest BCUT2D eigenvalue weighted by molar-refractivity contribution is 9.10. The van der Waals surface area contributed by atoms with Crippen LogP contribution in [0.2, 0.25) is 0 Å². The molecule has 0 spiro atoms. The monoisotopic (exact) mass is 323 g/mol. The fraction of sp³-hybridized carbons (Fsp3) is 0.467. The summed E-state index contributed by atoms with van der Waals surface area (Å²) in [5.74, 6) is 0. The number of hydrogen-bond donors (Lipinski definition) is 1. The lowest BCUT2D eigenvalue weighted by Gasteiger charge is -2.10. The van der Waals surface area contributed by atoms with Gasteiger partial charge in [-0.3, -0.25) is 0 Å². The molecule has 0 radical (unpaired) electrons. The third-order valence-electron chi connectivity index (χ3n) is 3.22. The van der Waals surface area contributed by atoms with Crippen molar-refractivity contribution in [3.05, 3.63) is 34.9 Å². The van der Waals surface area contributed by atoms with Crippen molar-refractivity contribution in [1.82, 2.24) is 14.8 Å². The van der Waals surface area contributed by atoms with Gasteiger partial charge in [-0.1, -0.05) is 22.0 Å². The molecule has 0 aliphatic rings. The molecule has 0 aliphatic heterocycles. The molecule has 0 amide bonds. The Morgan fingerprint density at radius 2 is 2.05 bits per heavy atom. The van der Waals surface area contributed by atoms with Crippen molar-refractivity contribution in [3.63, 3.8) is 0 Å². The van der Waals surface area contributed by atoms with E-state index in [1.807, 2.05) is 0 Å². The Hall–Kier alpha value is -0.840. The highest BCUT2D eigenvalue weighted by Crippen LogP contribution is 2.20. The minimum absolute atomic E-state index is 1.02. The average Bonchev–Trinajstić information content (AvgIpc) is 2.76. The van der Waals surface area contributed by atoms with E-state index in [-0.39, 0.29) is 0 Å². The van der Waals surface area contributed by atoms with Crippen LogP contribution < -0.4 is 5.32 Å². The molecule has 2 rings (SSSR count). The summed E-state index contributed by atoms with van der Waals surface area (Å²) in [5, 5.41) is 4.80. The normalized spacial score (nSPS) is 11.6. The second-order valence-corrected chi connectivity index (χ2v) is 6.03. The summed E-state index contributed by atoms with van der Waals surface area (Å²) in [6.45, 7) is 4.26. The molecule has 19 heavy (non-hydrogen) atoms. The van der Waals surface area contributed by atoms with E-state index in [1.54, 1.807) is 0 Å². The highest BCUT2D eigenvalue weighted by Gasteiger charge is 2.01. The summed E-state index contributed by atoms with van der Waals surface area (Å²) < 4.78 is 3.44. The SMILES string of the molecule is CN(C)CCCNCCn1ccc2ccc(Br)cc21. The highest BCUT2D eigenvalue weighted by atomic mass is 79.9. The quantitative estimate of drug-likeness (QED) is 0.790. The zero-order chi connectivity index (χ0) is 13.7. The Morgan fingerprint density at radius 3 is 2.84 bits per heavy atom. The molecule has 0 unspecified atom stereocenters. The standard InChI is InChI=1S/C15H22BrN3/c1-18(2)9-3-7-17-8-11-19-10-6-13-4-5-14(16)12-15(13)19/h4-6,10,12,17H,3,7-9,11H2,1-2H3. The summed E-state index contributed by atoms with van der Waals surface area (Å²) >= 11 is 3.53. The van der Waals surface area contributed by atoms with Crippen LogP contribution in [0.1, 0.15) is 6.42 Å². The van der Waals surface area contributed by atoms with Crippen LogP contribution in [-0.4, -0.2) is 43.2 Å². The van der Waals surface area contributed by atoms with E-state index in [0.29, 0.717) is 0 Å². The van der Waals surface area contributed by atoms with E-state index in [1.165, 1.54) is 17.3 Å². The van der Waals surface area contributed by atoms with Gasteiger partial charge in [0.05, 0.1) is 0 Å². The summed E-state index contributed by atoms with van der Waals surface area (Å²) in [6.07, 6.45) is 3.36. The molecule has 0 atom stereocenters. The molecule has 0 fully saturated rings. The van der Waals surface area contributed by atoms with Crippen LogP contribution in [0.15, 0.2) is 34.9 Å². The molecule has 2 aromatic rings. The average molecular weight is 324 g/mol. The second kappa shape index (κ2) is 7.08. The topological polar surface area (TPSA) is 20.2 Å². The van der Waals surface area contributed by atoms with Gasteiger partial charge in [0.15, 0.2) is 0 Å². The largest absolute Gasteiger partial charge is 0.346 e. The van der Waals surface area contributed by atoms with Crippen LogP contribution in [0.3, 0.4) is 0 Å².